The summed E-state index contributed by atoms with van der Waals surface area (Å²) in [6.45, 7) is 10.6. The lowest BCUT2D eigenvalue weighted by atomic mass is 9.81. The van der Waals surface area contributed by atoms with Gasteiger partial charge in [-0.2, -0.15) is 0 Å². The predicted octanol–water partition coefficient (Wildman–Crippen LogP) is 7.33. The fraction of sp³-hybridized carbons (Fsp3) is 0.538. The molecule has 0 bridgehead atoms. The molecule has 0 saturated carbocycles. The second-order valence-corrected chi connectivity index (χ2v) is 8.19. The summed E-state index contributed by atoms with van der Waals surface area (Å²) in [6.07, 6.45) is 8.35. The highest BCUT2D eigenvalue weighted by atomic mass is 16.3. The Morgan fingerprint density at radius 3 is 2.11 bits per heavy atom. The summed E-state index contributed by atoms with van der Waals surface area (Å²) >= 11 is 0. The van der Waals surface area contributed by atoms with E-state index in [-0.39, 0.29) is 5.92 Å². The standard InChI is InChI=1S/C26H38O2/c1-6-9-12-20-17-21(16-19(5)25(20)27)22(11-8-3)23-15-14-18(4)26(28)24(23)13-10-7-2/h14-17,22,27-28H,6-13H2,1-5H3. The lowest BCUT2D eigenvalue weighted by Crippen LogP contribution is -2.07. The zero-order chi connectivity index (χ0) is 20.7. The van der Waals surface area contributed by atoms with E-state index in [1.54, 1.807) is 0 Å². The minimum absolute atomic E-state index is 0.253. The van der Waals surface area contributed by atoms with Gasteiger partial charge in [0.05, 0.1) is 0 Å². The smallest absolute Gasteiger partial charge is 0.121 e. The first-order valence-electron chi connectivity index (χ1n) is 11.1. The second kappa shape index (κ2) is 10.5. The van der Waals surface area contributed by atoms with Gasteiger partial charge in [-0.05, 0) is 79.3 Å². The van der Waals surface area contributed by atoms with Crippen LogP contribution in [0.15, 0.2) is 24.3 Å². The van der Waals surface area contributed by atoms with Crippen LogP contribution >= 0.6 is 0 Å². The fourth-order valence-corrected chi connectivity index (χ4v) is 4.14. The van der Waals surface area contributed by atoms with Gasteiger partial charge in [0.25, 0.3) is 0 Å². The Labute approximate surface area is 171 Å². The third-order valence-corrected chi connectivity index (χ3v) is 5.86. The van der Waals surface area contributed by atoms with Crippen molar-refractivity contribution in [2.45, 2.75) is 91.9 Å². The molecule has 0 heterocycles. The maximum absolute atomic E-state index is 10.8. The summed E-state index contributed by atoms with van der Waals surface area (Å²) in [4.78, 5) is 0. The van der Waals surface area contributed by atoms with E-state index in [0.29, 0.717) is 11.5 Å². The Kier molecular flexibility index (Phi) is 8.41. The number of hydrogen-bond donors (Lipinski definition) is 2. The Hall–Kier alpha value is -1.96. The molecule has 2 N–H and O–H groups in total. The number of phenolic OH excluding ortho intramolecular Hbond substituents is 2. The number of rotatable bonds is 10. The second-order valence-electron chi connectivity index (χ2n) is 8.19. The van der Waals surface area contributed by atoms with Crippen LogP contribution in [0.5, 0.6) is 11.5 Å². The van der Waals surface area contributed by atoms with Crippen LogP contribution in [-0.2, 0) is 12.8 Å². The first kappa shape index (κ1) is 22.3. The zero-order valence-corrected chi connectivity index (χ0v) is 18.4. The lowest BCUT2D eigenvalue weighted by Gasteiger charge is -2.24. The van der Waals surface area contributed by atoms with E-state index in [9.17, 15) is 10.2 Å². The largest absolute Gasteiger partial charge is 0.507 e. The molecule has 2 aromatic carbocycles. The van der Waals surface area contributed by atoms with Crippen molar-refractivity contribution in [1.29, 1.82) is 0 Å². The molecule has 0 aliphatic rings. The molecule has 0 aliphatic carbocycles. The highest BCUT2D eigenvalue weighted by molar-refractivity contribution is 5.51. The molecule has 0 amide bonds. The quantitative estimate of drug-likeness (QED) is 0.451. The minimum Gasteiger partial charge on any atom is -0.507 e. The summed E-state index contributed by atoms with van der Waals surface area (Å²) in [7, 11) is 0. The van der Waals surface area contributed by atoms with Gasteiger partial charge in [0.2, 0.25) is 0 Å². The Balaban J connectivity index is 2.57. The molecule has 0 aliphatic heterocycles. The third kappa shape index (κ3) is 5.10. The van der Waals surface area contributed by atoms with Gasteiger partial charge in [-0.15, -0.1) is 0 Å². The molecule has 0 saturated heterocycles. The highest BCUT2D eigenvalue weighted by Gasteiger charge is 2.21. The van der Waals surface area contributed by atoms with Crippen LogP contribution in [0.3, 0.4) is 0 Å². The Bertz CT molecular complexity index is 776. The normalized spacial score (nSPS) is 12.3. The average Bonchev–Trinajstić information content (AvgIpc) is 2.68. The zero-order valence-electron chi connectivity index (χ0n) is 18.4. The van der Waals surface area contributed by atoms with Crippen molar-refractivity contribution < 1.29 is 10.2 Å². The van der Waals surface area contributed by atoms with Crippen LogP contribution in [0.25, 0.3) is 0 Å². The van der Waals surface area contributed by atoms with Crippen LogP contribution in [0.1, 0.15) is 98.6 Å². The average molecular weight is 383 g/mol. The van der Waals surface area contributed by atoms with Crippen LogP contribution in [0.2, 0.25) is 0 Å². The van der Waals surface area contributed by atoms with E-state index in [0.717, 1.165) is 73.6 Å². The van der Waals surface area contributed by atoms with Gasteiger partial charge < -0.3 is 10.2 Å². The summed E-state index contributed by atoms with van der Waals surface area (Å²) in [6, 6.07) is 8.62. The van der Waals surface area contributed by atoms with Crippen LogP contribution < -0.4 is 0 Å². The highest BCUT2D eigenvalue weighted by Crippen LogP contribution is 2.39. The van der Waals surface area contributed by atoms with E-state index >= 15 is 0 Å². The van der Waals surface area contributed by atoms with Crippen molar-refractivity contribution in [3.05, 3.63) is 57.6 Å². The van der Waals surface area contributed by atoms with Gasteiger partial charge in [-0.25, -0.2) is 0 Å². The van der Waals surface area contributed by atoms with E-state index in [4.69, 9.17) is 0 Å². The van der Waals surface area contributed by atoms with Crippen LogP contribution in [-0.4, -0.2) is 10.2 Å². The fourth-order valence-electron chi connectivity index (χ4n) is 4.14. The predicted molar refractivity (Wildman–Crippen MR) is 120 cm³/mol. The van der Waals surface area contributed by atoms with Gasteiger partial charge in [-0.1, -0.05) is 64.3 Å². The summed E-state index contributed by atoms with van der Waals surface area (Å²) in [5.41, 5.74) is 6.60. The Morgan fingerprint density at radius 1 is 0.786 bits per heavy atom. The number of benzene rings is 2. The summed E-state index contributed by atoms with van der Waals surface area (Å²) in [5.74, 6) is 1.17. The van der Waals surface area contributed by atoms with E-state index < -0.39 is 0 Å². The molecule has 1 atom stereocenters. The van der Waals surface area contributed by atoms with Crippen molar-refractivity contribution in [3.63, 3.8) is 0 Å². The minimum atomic E-state index is 0.253. The van der Waals surface area contributed by atoms with Crippen molar-refractivity contribution in [2.24, 2.45) is 0 Å². The maximum Gasteiger partial charge on any atom is 0.121 e. The van der Waals surface area contributed by atoms with Gasteiger partial charge >= 0.3 is 0 Å². The van der Waals surface area contributed by atoms with Crippen molar-refractivity contribution >= 4 is 0 Å². The lowest BCUT2D eigenvalue weighted by molar-refractivity contribution is 0.459. The van der Waals surface area contributed by atoms with Crippen LogP contribution in [0.4, 0.5) is 0 Å². The molecule has 1 unspecified atom stereocenters. The van der Waals surface area contributed by atoms with E-state index in [1.165, 1.54) is 11.1 Å². The number of unbranched alkanes of at least 4 members (excludes halogenated alkanes) is 2. The SMILES string of the molecule is CCCCc1cc(C(CCC)c2ccc(C)c(O)c2CCCC)cc(C)c1O. The van der Waals surface area contributed by atoms with Crippen molar-refractivity contribution in [1.82, 2.24) is 0 Å². The molecule has 28 heavy (non-hydrogen) atoms. The molecule has 0 radical (unpaired) electrons. The van der Waals surface area contributed by atoms with Gasteiger partial charge in [-0.3, -0.25) is 0 Å². The number of phenols is 2. The molecular weight excluding hydrogens is 344 g/mol. The van der Waals surface area contributed by atoms with E-state index in [1.807, 2.05) is 19.9 Å². The maximum atomic E-state index is 10.8. The van der Waals surface area contributed by atoms with E-state index in [2.05, 4.69) is 39.0 Å². The van der Waals surface area contributed by atoms with Crippen LogP contribution in [0, 0.1) is 13.8 Å². The van der Waals surface area contributed by atoms with Gasteiger partial charge in [0, 0.05) is 5.92 Å². The number of aromatic hydroxyl groups is 2. The molecule has 2 rings (SSSR count). The molecule has 0 fully saturated rings. The number of hydrogen-bond acceptors (Lipinski definition) is 2. The Morgan fingerprint density at radius 2 is 1.46 bits per heavy atom. The molecule has 0 spiro atoms. The molecule has 154 valence electrons. The van der Waals surface area contributed by atoms with Gasteiger partial charge in [0.15, 0.2) is 0 Å². The molecule has 2 heteroatoms. The van der Waals surface area contributed by atoms with Crippen molar-refractivity contribution in [2.75, 3.05) is 0 Å². The summed E-state index contributed by atoms with van der Waals surface area (Å²) in [5, 5.41) is 21.3. The topological polar surface area (TPSA) is 40.5 Å². The first-order chi connectivity index (χ1) is 13.4. The molecule has 2 aromatic rings. The summed E-state index contributed by atoms with van der Waals surface area (Å²) < 4.78 is 0. The third-order valence-electron chi connectivity index (χ3n) is 5.86. The number of aryl methyl sites for hydroxylation is 3. The molecular formula is C26H38O2. The molecule has 2 nitrogen and oxygen atoms in total. The van der Waals surface area contributed by atoms with Gasteiger partial charge in [0.1, 0.15) is 11.5 Å². The molecule has 0 aromatic heterocycles. The van der Waals surface area contributed by atoms with Crippen molar-refractivity contribution in [3.8, 4) is 11.5 Å². The first-order valence-corrected chi connectivity index (χ1v) is 11.1. The monoisotopic (exact) mass is 382 g/mol.